The molecule has 27 heavy (non-hydrogen) atoms. The van der Waals surface area contributed by atoms with Crippen molar-refractivity contribution in [1.29, 1.82) is 0 Å². The van der Waals surface area contributed by atoms with Gasteiger partial charge in [0.25, 0.3) is 0 Å². The maximum Gasteiger partial charge on any atom is 0.193 e. The van der Waals surface area contributed by atoms with Crippen LogP contribution in [0.3, 0.4) is 0 Å². The van der Waals surface area contributed by atoms with Crippen LogP contribution in [0.2, 0.25) is 0 Å². The normalized spacial score (nSPS) is 33.0. The minimum Gasteiger partial charge on any atom is -0.381 e. The molecule has 0 bridgehead atoms. The van der Waals surface area contributed by atoms with Crippen LogP contribution >= 0.6 is 0 Å². The Morgan fingerprint density at radius 1 is 1.15 bits per heavy atom. The highest BCUT2D eigenvalue weighted by molar-refractivity contribution is 7.91. The van der Waals surface area contributed by atoms with Gasteiger partial charge in [0.15, 0.2) is 15.8 Å². The molecule has 3 heterocycles. The molecule has 3 saturated heterocycles. The molecule has 2 atom stereocenters. The summed E-state index contributed by atoms with van der Waals surface area (Å²) in [7, 11) is -2.83. The van der Waals surface area contributed by atoms with Gasteiger partial charge in [-0.05, 0) is 43.4 Å². The first kappa shape index (κ1) is 19.5. The van der Waals surface area contributed by atoms with Crippen LogP contribution in [-0.4, -0.2) is 70.2 Å². The van der Waals surface area contributed by atoms with E-state index >= 15 is 0 Å². The van der Waals surface area contributed by atoms with Gasteiger partial charge in [-0.1, -0.05) is 19.3 Å². The molecule has 1 aliphatic carbocycles. The molecule has 0 aromatic rings. The number of aliphatic imine (C=N–C) groups is 1. The van der Waals surface area contributed by atoms with Gasteiger partial charge in [0, 0.05) is 38.7 Å². The van der Waals surface area contributed by atoms with E-state index in [1.165, 1.54) is 38.5 Å². The number of nitrogens with zero attached hydrogens (tertiary/aromatic N) is 2. The van der Waals surface area contributed by atoms with Crippen molar-refractivity contribution in [3.05, 3.63) is 0 Å². The van der Waals surface area contributed by atoms with Crippen molar-refractivity contribution in [3.8, 4) is 0 Å². The largest absolute Gasteiger partial charge is 0.381 e. The molecule has 4 aliphatic rings. The van der Waals surface area contributed by atoms with Gasteiger partial charge in [0.05, 0.1) is 18.1 Å². The second-order valence-corrected chi connectivity index (χ2v) is 11.5. The minimum atomic E-state index is -2.83. The quantitative estimate of drug-likeness (QED) is 0.581. The summed E-state index contributed by atoms with van der Waals surface area (Å²) in [6.45, 7) is 5.44. The van der Waals surface area contributed by atoms with Gasteiger partial charge in [-0.15, -0.1) is 0 Å². The van der Waals surface area contributed by atoms with Crippen LogP contribution in [0.15, 0.2) is 4.99 Å². The summed E-state index contributed by atoms with van der Waals surface area (Å²) in [5, 5.41) is 3.62. The van der Waals surface area contributed by atoms with E-state index < -0.39 is 9.84 Å². The first-order valence-electron chi connectivity index (χ1n) is 10.9. The first-order chi connectivity index (χ1) is 13.0. The van der Waals surface area contributed by atoms with Crippen molar-refractivity contribution in [3.63, 3.8) is 0 Å². The third kappa shape index (κ3) is 4.97. The number of rotatable bonds is 4. The Bertz CT molecular complexity index is 637. The van der Waals surface area contributed by atoms with E-state index in [0.717, 1.165) is 51.6 Å². The van der Waals surface area contributed by atoms with Crippen LogP contribution in [0.5, 0.6) is 0 Å². The van der Waals surface area contributed by atoms with Crippen molar-refractivity contribution in [2.75, 3.05) is 50.9 Å². The Morgan fingerprint density at radius 2 is 2.00 bits per heavy atom. The molecule has 4 fully saturated rings. The van der Waals surface area contributed by atoms with E-state index in [1.54, 1.807) is 0 Å². The Morgan fingerprint density at radius 3 is 2.70 bits per heavy atom. The van der Waals surface area contributed by atoms with Gasteiger partial charge in [0.1, 0.15) is 0 Å². The van der Waals surface area contributed by atoms with Gasteiger partial charge in [0.2, 0.25) is 0 Å². The number of likely N-dealkylation sites (tertiary alicyclic amines) is 1. The van der Waals surface area contributed by atoms with Gasteiger partial charge < -0.3 is 15.0 Å². The zero-order valence-electron chi connectivity index (χ0n) is 16.5. The van der Waals surface area contributed by atoms with Gasteiger partial charge in [-0.25, -0.2) is 8.42 Å². The number of nitrogens with one attached hydrogen (secondary N) is 1. The van der Waals surface area contributed by atoms with Crippen LogP contribution in [0.25, 0.3) is 0 Å². The first-order valence-corrected chi connectivity index (χ1v) is 12.7. The molecule has 0 aromatic heterocycles. The summed E-state index contributed by atoms with van der Waals surface area (Å²) in [4.78, 5) is 7.37. The molecule has 0 radical (unpaired) electrons. The minimum absolute atomic E-state index is 0.188. The van der Waals surface area contributed by atoms with E-state index in [0.29, 0.717) is 29.4 Å². The highest BCUT2D eigenvalue weighted by Gasteiger charge is 2.40. The van der Waals surface area contributed by atoms with Crippen molar-refractivity contribution >= 4 is 15.8 Å². The Balaban J connectivity index is 1.40. The fraction of sp³-hybridized carbons (Fsp3) is 0.950. The van der Waals surface area contributed by atoms with E-state index in [2.05, 4.69) is 10.2 Å². The highest BCUT2D eigenvalue weighted by Crippen LogP contribution is 2.43. The van der Waals surface area contributed by atoms with Crippen LogP contribution in [-0.2, 0) is 14.6 Å². The average Bonchev–Trinajstić information content (AvgIpc) is 3.37. The molecule has 1 N–H and O–H groups in total. The smallest absolute Gasteiger partial charge is 0.193 e. The lowest BCUT2D eigenvalue weighted by Gasteiger charge is -2.34. The molecular weight excluding hydrogens is 362 g/mol. The third-order valence-corrected chi connectivity index (χ3v) is 8.89. The van der Waals surface area contributed by atoms with E-state index in [1.807, 2.05) is 0 Å². The summed E-state index contributed by atoms with van der Waals surface area (Å²) in [5.41, 5.74) is 0.494. The molecule has 154 valence electrons. The fourth-order valence-electron chi connectivity index (χ4n) is 5.31. The van der Waals surface area contributed by atoms with E-state index in [-0.39, 0.29) is 5.92 Å². The van der Waals surface area contributed by atoms with Crippen molar-refractivity contribution in [1.82, 2.24) is 10.2 Å². The summed E-state index contributed by atoms with van der Waals surface area (Å²) in [6, 6.07) is 0. The number of hydrogen-bond acceptors (Lipinski definition) is 4. The Hall–Kier alpha value is -0.820. The van der Waals surface area contributed by atoms with Gasteiger partial charge >= 0.3 is 0 Å². The van der Waals surface area contributed by atoms with E-state index in [4.69, 9.17) is 9.73 Å². The predicted octanol–water partition coefficient (Wildman–Crippen LogP) is 2.06. The molecule has 0 amide bonds. The van der Waals surface area contributed by atoms with Crippen LogP contribution in [0, 0.1) is 17.3 Å². The molecule has 7 heteroatoms. The second-order valence-electron chi connectivity index (χ2n) is 9.28. The van der Waals surface area contributed by atoms with E-state index in [9.17, 15) is 8.42 Å². The maximum absolute atomic E-state index is 11.8. The standard InChI is InChI=1S/C20H35N3O3S/c24-27(25)11-5-18(15-27)13-22-19(21-12-17-4-10-26-14-17)23-9-8-20(16-23)6-2-1-3-7-20/h17-18H,1-16H2,(H,21,22). The molecule has 1 spiro atoms. The molecule has 0 aromatic carbocycles. The molecular formula is C20H35N3O3S. The monoisotopic (exact) mass is 397 g/mol. The summed E-state index contributed by atoms with van der Waals surface area (Å²) in [5.74, 6) is 2.40. The molecule has 6 nitrogen and oxygen atoms in total. The number of guanidine groups is 1. The zero-order valence-corrected chi connectivity index (χ0v) is 17.3. The Kier molecular flexibility index (Phi) is 5.97. The lowest BCUT2D eigenvalue weighted by atomic mass is 9.73. The van der Waals surface area contributed by atoms with Crippen molar-refractivity contribution in [2.45, 2.75) is 51.4 Å². The summed E-state index contributed by atoms with van der Waals surface area (Å²) < 4.78 is 29.0. The average molecular weight is 398 g/mol. The zero-order chi connectivity index (χ0) is 18.7. The number of sulfone groups is 1. The second kappa shape index (κ2) is 8.27. The highest BCUT2D eigenvalue weighted by atomic mass is 32.2. The fourth-order valence-corrected chi connectivity index (χ4v) is 7.15. The predicted molar refractivity (Wildman–Crippen MR) is 108 cm³/mol. The lowest BCUT2D eigenvalue weighted by Crippen LogP contribution is -2.43. The van der Waals surface area contributed by atoms with Crippen LogP contribution in [0.4, 0.5) is 0 Å². The Labute approximate surface area is 164 Å². The molecule has 1 saturated carbocycles. The summed E-state index contributed by atoms with van der Waals surface area (Å²) >= 11 is 0. The summed E-state index contributed by atoms with van der Waals surface area (Å²) in [6.07, 6.45) is 9.99. The SMILES string of the molecule is O=S1(=O)CCC(CN=C(NCC2CCOC2)N2CCC3(CCCCC3)C2)C1. The van der Waals surface area contributed by atoms with Gasteiger partial charge in [-0.3, -0.25) is 4.99 Å². The number of hydrogen-bond donors (Lipinski definition) is 1. The molecule has 2 unspecified atom stereocenters. The van der Waals surface area contributed by atoms with Crippen molar-refractivity contribution < 1.29 is 13.2 Å². The third-order valence-electron chi connectivity index (χ3n) is 7.05. The van der Waals surface area contributed by atoms with Crippen LogP contribution < -0.4 is 5.32 Å². The van der Waals surface area contributed by atoms with Crippen molar-refractivity contribution in [2.24, 2.45) is 22.2 Å². The van der Waals surface area contributed by atoms with Crippen LogP contribution in [0.1, 0.15) is 51.4 Å². The topological polar surface area (TPSA) is 71.0 Å². The maximum atomic E-state index is 11.8. The molecule has 3 aliphatic heterocycles. The van der Waals surface area contributed by atoms with Gasteiger partial charge in [-0.2, -0.15) is 0 Å². The lowest BCUT2D eigenvalue weighted by molar-refractivity contribution is 0.185. The molecule has 4 rings (SSSR count). The number of ether oxygens (including phenoxy) is 1.